The molecule has 2 fully saturated rings. The van der Waals surface area contributed by atoms with Crippen LogP contribution in [0.15, 0.2) is 24.3 Å². The number of amides is 2. The number of carbonyl (C=O) groups excluding carboxylic acids is 2. The van der Waals surface area contributed by atoms with Gasteiger partial charge in [-0.05, 0) is 44.9 Å². The number of rotatable bonds is 5. The van der Waals surface area contributed by atoms with Crippen molar-refractivity contribution in [1.82, 2.24) is 15.1 Å². The minimum Gasteiger partial charge on any atom is -0.434 e. The van der Waals surface area contributed by atoms with Crippen molar-refractivity contribution >= 4 is 11.8 Å². The molecule has 6 nitrogen and oxygen atoms in total. The van der Waals surface area contributed by atoms with E-state index in [1.807, 2.05) is 11.9 Å². The molecule has 3 rings (SSSR count). The van der Waals surface area contributed by atoms with Gasteiger partial charge in [0, 0.05) is 25.7 Å². The highest BCUT2D eigenvalue weighted by molar-refractivity contribution is 6.00. The maximum Gasteiger partial charge on any atom is 0.387 e. The molecule has 2 aliphatic heterocycles. The van der Waals surface area contributed by atoms with Gasteiger partial charge < -0.3 is 19.9 Å². The minimum absolute atomic E-state index is 0.0531. The lowest BCUT2D eigenvalue weighted by molar-refractivity contribution is -0.136. The summed E-state index contributed by atoms with van der Waals surface area (Å²) in [5.41, 5.74) is 0.0615. The summed E-state index contributed by atoms with van der Waals surface area (Å²) in [5, 5.41) is 3.23. The van der Waals surface area contributed by atoms with Crippen LogP contribution in [0.2, 0.25) is 0 Å². The zero-order valence-electron chi connectivity index (χ0n) is 15.4. The Bertz CT molecular complexity index is 678. The van der Waals surface area contributed by atoms with Crippen LogP contribution in [0.1, 0.15) is 36.0 Å². The van der Waals surface area contributed by atoms with Gasteiger partial charge in [-0.3, -0.25) is 9.59 Å². The molecule has 0 aromatic heterocycles. The van der Waals surface area contributed by atoms with Crippen LogP contribution in [-0.4, -0.2) is 67.0 Å². The van der Waals surface area contributed by atoms with Crippen LogP contribution in [-0.2, 0) is 4.79 Å². The maximum absolute atomic E-state index is 13.0. The normalized spacial score (nSPS) is 21.0. The van der Waals surface area contributed by atoms with Gasteiger partial charge in [0.2, 0.25) is 5.91 Å². The Morgan fingerprint density at radius 2 is 1.85 bits per heavy atom. The van der Waals surface area contributed by atoms with E-state index < -0.39 is 18.6 Å². The fourth-order valence-electron chi connectivity index (χ4n) is 3.86. The van der Waals surface area contributed by atoms with Gasteiger partial charge in [-0.25, -0.2) is 0 Å². The molecule has 2 heterocycles. The number of hydrogen-bond acceptors (Lipinski definition) is 4. The first-order valence-corrected chi connectivity index (χ1v) is 9.32. The van der Waals surface area contributed by atoms with E-state index in [9.17, 15) is 18.4 Å². The van der Waals surface area contributed by atoms with E-state index in [0.29, 0.717) is 38.5 Å². The lowest BCUT2D eigenvalue weighted by atomic mass is 10.0. The molecule has 0 aliphatic carbocycles. The third-order valence-corrected chi connectivity index (χ3v) is 5.35. The number of ether oxygens (including phenoxy) is 1. The summed E-state index contributed by atoms with van der Waals surface area (Å²) < 4.78 is 29.8. The van der Waals surface area contributed by atoms with Crippen LogP contribution in [0, 0.1) is 0 Å². The van der Waals surface area contributed by atoms with E-state index in [0.717, 1.165) is 12.8 Å². The Labute approximate surface area is 157 Å². The maximum atomic E-state index is 13.0. The van der Waals surface area contributed by atoms with Gasteiger partial charge in [0.15, 0.2) is 0 Å². The SMILES string of the molecule is CNC1CCN(C(=O)C2CCCN2C(=O)c2ccccc2OC(F)F)CC1. The number of hydrogen-bond donors (Lipinski definition) is 1. The number of para-hydroxylation sites is 1. The molecule has 2 aliphatic rings. The fourth-order valence-corrected chi connectivity index (χ4v) is 3.86. The van der Waals surface area contributed by atoms with Crippen molar-refractivity contribution in [1.29, 1.82) is 0 Å². The first-order chi connectivity index (χ1) is 13.0. The number of nitrogens with one attached hydrogen (secondary N) is 1. The van der Waals surface area contributed by atoms with Gasteiger partial charge in [0.05, 0.1) is 5.56 Å². The number of carbonyl (C=O) groups is 2. The molecule has 1 unspecified atom stereocenters. The Hall–Kier alpha value is -2.22. The first kappa shape index (κ1) is 19.5. The van der Waals surface area contributed by atoms with E-state index in [2.05, 4.69) is 10.1 Å². The molecule has 27 heavy (non-hydrogen) atoms. The predicted octanol–water partition coefficient (Wildman–Crippen LogP) is 2.10. The molecule has 8 heteroatoms. The van der Waals surface area contributed by atoms with Crippen LogP contribution < -0.4 is 10.1 Å². The van der Waals surface area contributed by atoms with Crippen LogP contribution >= 0.6 is 0 Å². The quantitative estimate of drug-likeness (QED) is 0.849. The average Bonchev–Trinajstić information content (AvgIpc) is 3.16. The Kier molecular flexibility index (Phi) is 6.26. The number of alkyl halides is 2. The summed E-state index contributed by atoms with van der Waals surface area (Å²) in [7, 11) is 1.92. The van der Waals surface area contributed by atoms with Crippen molar-refractivity contribution in [2.75, 3.05) is 26.7 Å². The van der Waals surface area contributed by atoms with Gasteiger partial charge in [-0.1, -0.05) is 12.1 Å². The summed E-state index contributed by atoms with van der Waals surface area (Å²) in [6, 6.07) is 5.80. The number of nitrogens with zero attached hydrogens (tertiary/aromatic N) is 2. The summed E-state index contributed by atoms with van der Waals surface area (Å²) >= 11 is 0. The van der Waals surface area contributed by atoms with Crippen molar-refractivity contribution in [2.45, 2.75) is 44.4 Å². The highest BCUT2D eigenvalue weighted by atomic mass is 19.3. The molecule has 2 amide bonds. The van der Waals surface area contributed by atoms with Gasteiger partial charge in [-0.15, -0.1) is 0 Å². The zero-order valence-corrected chi connectivity index (χ0v) is 15.4. The molecule has 1 atom stereocenters. The Morgan fingerprint density at radius 1 is 1.15 bits per heavy atom. The molecule has 1 aromatic rings. The Balaban J connectivity index is 1.73. The topological polar surface area (TPSA) is 61.9 Å². The number of piperidine rings is 1. The number of benzene rings is 1. The van der Waals surface area contributed by atoms with Crippen molar-refractivity contribution in [3.05, 3.63) is 29.8 Å². The van der Waals surface area contributed by atoms with E-state index in [-0.39, 0.29) is 17.2 Å². The van der Waals surface area contributed by atoms with Gasteiger partial charge >= 0.3 is 6.61 Å². The van der Waals surface area contributed by atoms with E-state index >= 15 is 0 Å². The third-order valence-electron chi connectivity index (χ3n) is 5.35. The molecule has 148 valence electrons. The molecule has 2 saturated heterocycles. The van der Waals surface area contributed by atoms with Gasteiger partial charge in [0.1, 0.15) is 11.8 Å². The number of halogens is 2. The van der Waals surface area contributed by atoms with Crippen molar-refractivity contribution in [3.63, 3.8) is 0 Å². The van der Waals surface area contributed by atoms with E-state index in [4.69, 9.17) is 0 Å². The largest absolute Gasteiger partial charge is 0.434 e. The molecular formula is C19H25F2N3O3. The average molecular weight is 381 g/mol. The van der Waals surface area contributed by atoms with Crippen LogP contribution in [0.25, 0.3) is 0 Å². The molecular weight excluding hydrogens is 356 g/mol. The second kappa shape index (κ2) is 8.65. The smallest absolute Gasteiger partial charge is 0.387 e. The van der Waals surface area contributed by atoms with Crippen molar-refractivity contribution < 1.29 is 23.1 Å². The highest BCUT2D eigenvalue weighted by Gasteiger charge is 2.38. The molecule has 0 radical (unpaired) electrons. The van der Waals surface area contributed by atoms with Crippen LogP contribution in [0.4, 0.5) is 8.78 Å². The molecule has 1 N–H and O–H groups in total. The van der Waals surface area contributed by atoms with E-state index in [1.165, 1.54) is 23.1 Å². The molecule has 1 aromatic carbocycles. The van der Waals surface area contributed by atoms with E-state index in [1.54, 1.807) is 6.07 Å². The number of likely N-dealkylation sites (tertiary alicyclic amines) is 2. The first-order valence-electron chi connectivity index (χ1n) is 9.32. The monoisotopic (exact) mass is 381 g/mol. The Morgan fingerprint density at radius 3 is 2.52 bits per heavy atom. The second-order valence-corrected chi connectivity index (χ2v) is 6.92. The lowest BCUT2D eigenvalue weighted by Gasteiger charge is -2.35. The zero-order chi connectivity index (χ0) is 19.4. The standard InChI is InChI=1S/C19H25F2N3O3/c1-22-13-8-11-23(12-9-13)18(26)15-6-4-10-24(15)17(25)14-5-2-3-7-16(14)27-19(20)21/h2-3,5,7,13,15,19,22H,4,6,8-12H2,1H3. The highest BCUT2D eigenvalue weighted by Crippen LogP contribution is 2.27. The van der Waals surface area contributed by atoms with Crippen LogP contribution in [0.3, 0.4) is 0 Å². The lowest BCUT2D eigenvalue weighted by Crippen LogP contribution is -2.51. The summed E-state index contributed by atoms with van der Waals surface area (Å²) in [6.45, 7) is -1.25. The third kappa shape index (κ3) is 4.37. The molecule has 0 saturated carbocycles. The summed E-state index contributed by atoms with van der Waals surface area (Å²) in [4.78, 5) is 29.2. The van der Waals surface area contributed by atoms with Gasteiger partial charge in [0.25, 0.3) is 5.91 Å². The van der Waals surface area contributed by atoms with Crippen molar-refractivity contribution in [3.8, 4) is 5.75 Å². The molecule has 0 spiro atoms. The van der Waals surface area contributed by atoms with Gasteiger partial charge in [-0.2, -0.15) is 8.78 Å². The summed E-state index contributed by atoms with van der Waals surface area (Å²) in [6.07, 6.45) is 3.07. The molecule has 0 bridgehead atoms. The van der Waals surface area contributed by atoms with Crippen LogP contribution in [0.5, 0.6) is 5.75 Å². The predicted molar refractivity (Wildman–Crippen MR) is 95.8 cm³/mol. The summed E-state index contributed by atoms with van der Waals surface area (Å²) in [5.74, 6) is -0.652. The minimum atomic E-state index is -3.01. The second-order valence-electron chi connectivity index (χ2n) is 6.92. The van der Waals surface area contributed by atoms with Crippen molar-refractivity contribution in [2.24, 2.45) is 0 Å². The fraction of sp³-hybridized carbons (Fsp3) is 0.579.